The molecule has 17 heteroatoms. The molecule has 2 saturated heterocycles. The van der Waals surface area contributed by atoms with E-state index in [2.05, 4.69) is 5.32 Å². The van der Waals surface area contributed by atoms with E-state index in [0.717, 1.165) is 4.31 Å². The average molecular weight is 660 g/mol. The van der Waals surface area contributed by atoms with E-state index < -0.39 is 60.7 Å². The summed E-state index contributed by atoms with van der Waals surface area (Å²) in [5.41, 5.74) is 6.70. The Balaban J connectivity index is 1.53. The van der Waals surface area contributed by atoms with Crippen LogP contribution in [-0.4, -0.2) is 97.2 Å². The van der Waals surface area contributed by atoms with E-state index in [1.54, 1.807) is 18.2 Å². The normalized spacial score (nSPS) is 21.7. The maximum atomic E-state index is 13.6. The monoisotopic (exact) mass is 659 g/mol. The van der Waals surface area contributed by atoms with Gasteiger partial charge in [-0.1, -0.05) is 32.0 Å². The van der Waals surface area contributed by atoms with Crippen LogP contribution in [0.2, 0.25) is 0 Å². The zero-order valence-electron chi connectivity index (χ0n) is 24.2. The molecule has 1 amide bonds. The molecule has 5 atom stereocenters. The van der Waals surface area contributed by atoms with Crippen LogP contribution in [0.1, 0.15) is 19.4 Å². The molecule has 2 heterocycles. The molecule has 0 bridgehead atoms. The number of nitrogen functional groups attached to an aromatic ring is 1. The van der Waals surface area contributed by atoms with Crippen LogP contribution in [0, 0.1) is 5.92 Å². The molecule has 2 aromatic carbocycles. The van der Waals surface area contributed by atoms with Crippen LogP contribution in [0.25, 0.3) is 0 Å². The van der Waals surface area contributed by atoms with E-state index in [4.69, 9.17) is 39.2 Å². The molecule has 15 nitrogen and oxygen atoms in total. The summed E-state index contributed by atoms with van der Waals surface area (Å²) in [5.74, 6) is 0.103. The number of carbonyl (C=O) groups excluding carboxylic acids is 1. The lowest BCUT2D eigenvalue weighted by molar-refractivity contribution is -0.0943. The van der Waals surface area contributed by atoms with E-state index in [1.165, 1.54) is 30.3 Å². The molecule has 2 aliphatic heterocycles. The first-order valence-electron chi connectivity index (χ1n) is 13.8. The maximum Gasteiger partial charge on any atom is 0.407 e. The largest absolute Gasteiger partial charge is 0.481 e. The number of aliphatic hydroxyl groups is 1. The highest BCUT2D eigenvalue weighted by Crippen LogP contribution is 2.34. The number of nitrogens with one attached hydrogen (secondary N) is 1. The number of hydrogen-bond donors (Lipinski definition) is 5. The van der Waals surface area contributed by atoms with Crippen molar-refractivity contribution in [2.24, 2.45) is 5.92 Å². The van der Waals surface area contributed by atoms with E-state index >= 15 is 0 Å². The van der Waals surface area contributed by atoms with Crippen LogP contribution < -0.4 is 15.8 Å². The molecule has 0 unspecified atom stereocenters. The van der Waals surface area contributed by atoms with Crippen LogP contribution in [0.3, 0.4) is 0 Å². The van der Waals surface area contributed by atoms with Crippen LogP contribution >= 0.6 is 7.60 Å². The van der Waals surface area contributed by atoms with Gasteiger partial charge in [-0.15, -0.1) is 0 Å². The van der Waals surface area contributed by atoms with Gasteiger partial charge in [0.2, 0.25) is 10.0 Å². The number of carbonyl (C=O) groups is 1. The Morgan fingerprint density at radius 2 is 1.86 bits per heavy atom. The van der Waals surface area contributed by atoms with E-state index in [0.29, 0.717) is 5.56 Å². The van der Waals surface area contributed by atoms with Gasteiger partial charge in [0.1, 0.15) is 5.75 Å². The van der Waals surface area contributed by atoms with Crippen LogP contribution in [0.15, 0.2) is 53.4 Å². The van der Waals surface area contributed by atoms with Gasteiger partial charge in [0.05, 0.1) is 23.6 Å². The van der Waals surface area contributed by atoms with Crippen molar-refractivity contribution in [3.63, 3.8) is 0 Å². The second-order valence-corrected chi connectivity index (χ2v) is 14.5. The van der Waals surface area contributed by atoms with Crippen molar-refractivity contribution in [2.45, 2.75) is 55.8 Å². The number of fused-ring (bicyclic) bond motifs is 1. The Bertz CT molecular complexity index is 1420. The zero-order valence-corrected chi connectivity index (χ0v) is 25.9. The average Bonchev–Trinajstić information content (AvgIpc) is 3.56. The Morgan fingerprint density at radius 3 is 2.52 bits per heavy atom. The Hall–Kier alpha value is -2.79. The lowest BCUT2D eigenvalue weighted by Gasteiger charge is -2.31. The van der Waals surface area contributed by atoms with Crippen molar-refractivity contribution in [1.82, 2.24) is 9.62 Å². The third kappa shape index (κ3) is 9.36. The van der Waals surface area contributed by atoms with Gasteiger partial charge in [-0.2, -0.15) is 4.31 Å². The number of nitrogens with two attached hydrogens (primary N) is 1. The fraction of sp³-hybridized carbons (Fsp3) is 0.519. The first-order chi connectivity index (χ1) is 20.7. The minimum atomic E-state index is -4.38. The third-order valence-corrected chi connectivity index (χ3v) is 9.11. The van der Waals surface area contributed by atoms with Gasteiger partial charge >= 0.3 is 13.7 Å². The standard InChI is InChI=1S/C27H38N3O12PS/c1-17(2)12-30(44(36,37)21-5-3-4-19(28)11-21)13-23(31)22(10-18-6-8-20(9-7-18)41-16-43(33,34)35)29-27(32)42-24-14-38-26-25(24)39-15-40-26/h3-9,11,17,22-26,31H,10,12-16,28H2,1-2H3,(H,29,32)(H2,33,34,35)/t22-,23+,24-,25-,26-/m0/s1. The summed E-state index contributed by atoms with van der Waals surface area (Å²) < 4.78 is 66.2. The van der Waals surface area contributed by atoms with Gasteiger partial charge in [0, 0.05) is 18.8 Å². The molecule has 0 saturated carbocycles. The number of hydrogen-bond acceptors (Lipinski definition) is 11. The molecule has 2 fully saturated rings. The van der Waals surface area contributed by atoms with Crippen molar-refractivity contribution in [2.75, 3.05) is 38.6 Å². The van der Waals surface area contributed by atoms with E-state index in [-0.39, 0.29) is 55.2 Å². The summed E-state index contributed by atoms with van der Waals surface area (Å²) in [6.07, 6.45) is -5.05. The van der Waals surface area contributed by atoms with Crippen molar-refractivity contribution >= 4 is 29.4 Å². The molecule has 0 spiro atoms. The molecule has 2 aliphatic rings. The van der Waals surface area contributed by atoms with Crippen molar-refractivity contribution in [3.05, 3.63) is 54.1 Å². The predicted octanol–water partition coefficient (Wildman–Crippen LogP) is 1.23. The Kier molecular flexibility index (Phi) is 11.3. The molecule has 44 heavy (non-hydrogen) atoms. The highest BCUT2D eigenvalue weighted by molar-refractivity contribution is 7.89. The van der Waals surface area contributed by atoms with Gasteiger partial charge in [0.25, 0.3) is 0 Å². The Labute approximate surface area is 255 Å². The molecule has 244 valence electrons. The number of ether oxygens (including phenoxy) is 5. The van der Waals surface area contributed by atoms with Gasteiger partial charge in [-0.05, 0) is 48.2 Å². The Morgan fingerprint density at radius 1 is 1.14 bits per heavy atom. The highest BCUT2D eigenvalue weighted by Gasteiger charge is 2.45. The number of amides is 1. The zero-order chi connectivity index (χ0) is 32.1. The molecule has 4 rings (SSSR count). The number of nitrogens with zero attached hydrogens (tertiary/aromatic N) is 1. The highest BCUT2D eigenvalue weighted by atomic mass is 32.2. The first-order valence-corrected chi connectivity index (χ1v) is 17.1. The van der Waals surface area contributed by atoms with Gasteiger partial charge < -0.3 is 49.6 Å². The number of benzene rings is 2. The van der Waals surface area contributed by atoms with E-state index in [9.17, 15) is 22.9 Å². The van der Waals surface area contributed by atoms with Crippen molar-refractivity contribution in [1.29, 1.82) is 0 Å². The number of alkyl carbamates (subject to hydrolysis) is 1. The molecular weight excluding hydrogens is 621 g/mol. The van der Waals surface area contributed by atoms with Gasteiger partial charge in [-0.3, -0.25) is 4.57 Å². The lowest BCUT2D eigenvalue weighted by Crippen LogP contribution is -2.52. The van der Waals surface area contributed by atoms with Crippen molar-refractivity contribution in [3.8, 4) is 5.75 Å². The molecule has 0 radical (unpaired) electrons. The minimum absolute atomic E-state index is 0.000749. The number of anilines is 1. The summed E-state index contributed by atoms with van der Waals surface area (Å²) in [4.78, 5) is 31.1. The molecule has 6 N–H and O–H groups in total. The molecule has 2 aromatic rings. The van der Waals surface area contributed by atoms with E-state index in [1.807, 2.05) is 13.8 Å². The third-order valence-electron chi connectivity index (χ3n) is 6.81. The summed E-state index contributed by atoms with van der Waals surface area (Å²) >= 11 is 0. The molecule has 0 aliphatic carbocycles. The first kappa shape index (κ1) is 34.1. The summed E-state index contributed by atoms with van der Waals surface area (Å²) in [5, 5.41) is 14.1. The van der Waals surface area contributed by atoms with Gasteiger partial charge in [0.15, 0.2) is 31.6 Å². The second kappa shape index (κ2) is 14.5. The summed E-state index contributed by atoms with van der Waals surface area (Å²) in [6.45, 7) is 3.44. The fourth-order valence-corrected chi connectivity index (χ4v) is 6.74. The van der Waals surface area contributed by atoms with Crippen molar-refractivity contribution < 1.29 is 56.4 Å². The topological polar surface area (TPSA) is 216 Å². The smallest absolute Gasteiger partial charge is 0.407 e. The second-order valence-electron chi connectivity index (χ2n) is 11.0. The minimum Gasteiger partial charge on any atom is -0.481 e. The number of sulfonamides is 1. The number of rotatable bonds is 14. The van der Waals surface area contributed by atoms with Crippen LogP contribution in [0.5, 0.6) is 5.75 Å². The van der Waals surface area contributed by atoms with Gasteiger partial charge in [-0.25, -0.2) is 13.2 Å². The molecular formula is C27H38N3O12PS. The lowest BCUT2D eigenvalue weighted by atomic mass is 10.0. The fourth-order valence-electron chi connectivity index (χ4n) is 4.75. The quantitative estimate of drug-likeness (QED) is 0.143. The molecule has 0 aromatic heterocycles. The van der Waals surface area contributed by atoms with Crippen LogP contribution in [-0.2, 0) is 40.0 Å². The SMILES string of the molecule is CC(C)CN(C[C@@H](O)[C@H](Cc1ccc(OCP(=O)(O)O)cc1)NC(=O)O[C@H]1CO[C@H]2OCO[C@H]21)S(=O)(=O)c1cccc(N)c1. The summed E-state index contributed by atoms with van der Waals surface area (Å²) in [6, 6.07) is 11.0. The number of aliphatic hydroxyl groups excluding tert-OH is 1. The predicted molar refractivity (Wildman–Crippen MR) is 156 cm³/mol. The van der Waals surface area contributed by atoms with Crippen LogP contribution in [0.4, 0.5) is 10.5 Å². The summed E-state index contributed by atoms with van der Waals surface area (Å²) in [7, 11) is -8.46. The maximum absolute atomic E-state index is 13.6.